The molecule has 0 spiro atoms. The van der Waals surface area contributed by atoms with E-state index in [1.54, 1.807) is 0 Å². The van der Waals surface area contributed by atoms with E-state index in [0.29, 0.717) is 13.0 Å². The predicted molar refractivity (Wildman–Crippen MR) is 64.9 cm³/mol. The fraction of sp³-hybridized carbons (Fsp3) is 0.333. The third-order valence-electron chi connectivity index (χ3n) is 2.89. The van der Waals surface area contributed by atoms with E-state index in [4.69, 9.17) is 5.11 Å². The van der Waals surface area contributed by atoms with Gasteiger partial charge in [-0.15, -0.1) is 0 Å². The topological polar surface area (TPSA) is 55.3 Å². The van der Waals surface area contributed by atoms with E-state index in [9.17, 15) is 0 Å². The molecule has 0 amide bonds. The second-order valence-corrected chi connectivity index (χ2v) is 4.08. The summed E-state index contributed by atoms with van der Waals surface area (Å²) >= 11 is 0. The Morgan fingerprint density at radius 1 is 1.29 bits per heavy atom. The lowest BCUT2D eigenvalue weighted by Crippen LogP contribution is -2.02. The highest BCUT2D eigenvalue weighted by Gasteiger charge is 2.12. The molecule has 1 N–H and O–H groups in total. The largest absolute Gasteiger partial charge is 0.396 e. The summed E-state index contributed by atoms with van der Waals surface area (Å²) in [6, 6.07) is 8.02. The van der Waals surface area contributed by atoms with Crippen molar-refractivity contribution in [3.63, 3.8) is 0 Å². The number of benzene rings is 1. The van der Waals surface area contributed by atoms with Crippen molar-refractivity contribution in [2.24, 2.45) is 0 Å². The summed E-state index contributed by atoms with van der Waals surface area (Å²) < 4.78 is 3.90. The van der Waals surface area contributed by atoms with Gasteiger partial charge in [0.2, 0.25) is 5.78 Å². The number of imidazole rings is 1. The summed E-state index contributed by atoms with van der Waals surface area (Å²) in [6.07, 6.45) is 0.694. The molecule has 3 aromatic rings. The van der Waals surface area contributed by atoms with Crippen LogP contribution in [0.2, 0.25) is 0 Å². The fourth-order valence-corrected chi connectivity index (χ4v) is 2.14. The van der Waals surface area contributed by atoms with Gasteiger partial charge in [0, 0.05) is 13.2 Å². The average molecular weight is 230 g/mol. The summed E-state index contributed by atoms with van der Waals surface area (Å²) in [5, 5.41) is 13.3. The average Bonchev–Trinajstić information content (AvgIpc) is 2.85. The van der Waals surface area contributed by atoms with Crippen molar-refractivity contribution in [1.82, 2.24) is 19.2 Å². The number of nitrogens with zero attached hydrogens (tertiary/aromatic N) is 4. The first-order valence-electron chi connectivity index (χ1n) is 5.73. The first kappa shape index (κ1) is 10.3. The molecule has 0 saturated heterocycles. The Labute approximate surface area is 98.3 Å². The lowest BCUT2D eigenvalue weighted by Gasteiger charge is -1.96. The summed E-state index contributed by atoms with van der Waals surface area (Å²) in [5.74, 6) is 1.77. The molecule has 88 valence electrons. The molecule has 0 atom stereocenters. The molecule has 0 aliphatic heterocycles. The minimum absolute atomic E-state index is 0.172. The van der Waals surface area contributed by atoms with Crippen molar-refractivity contribution in [3.05, 3.63) is 30.1 Å². The van der Waals surface area contributed by atoms with Crippen LogP contribution in [0.25, 0.3) is 16.8 Å². The summed E-state index contributed by atoms with van der Waals surface area (Å²) in [7, 11) is 0. The predicted octanol–water partition coefficient (Wildman–Crippen LogP) is 1.37. The molecule has 0 aliphatic carbocycles. The van der Waals surface area contributed by atoms with Crippen LogP contribution in [0, 0.1) is 6.92 Å². The highest BCUT2D eigenvalue weighted by Crippen LogP contribution is 2.17. The lowest BCUT2D eigenvalue weighted by atomic mass is 10.3. The smallest absolute Gasteiger partial charge is 0.233 e. The molecule has 0 radical (unpaired) electrons. The minimum Gasteiger partial charge on any atom is -0.396 e. The number of aromatic nitrogens is 4. The van der Waals surface area contributed by atoms with Crippen LogP contribution in [0.1, 0.15) is 12.2 Å². The van der Waals surface area contributed by atoms with Gasteiger partial charge in [0.05, 0.1) is 11.0 Å². The van der Waals surface area contributed by atoms with Gasteiger partial charge in [0.1, 0.15) is 5.82 Å². The van der Waals surface area contributed by atoms with Gasteiger partial charge in [0.15, 0.2) is 0 Å². The number of aliphatic hydroxyl groups is 1. The SMILES string of the molecule is Cc1nn(CCCO)c2nc3ccccc3n12. The maximum absolute atomic E-state index is 8.88. The zero-order valence-electron chi connectivity index (χ0n) is 9.67. The molecule has 0 unspecified atom stereocenters. The fourth-order valence-electron chi connectivity index (χ4n) is 2.14. The van der Waals surface area contributed by atoms with Crippen LogP contribution in [0.4, 0.5) is 0 Å². The van der Waals surface area contributed by atoms with Gasteiger partial charge in [-0.1, -0.05) is 12.1 Å². The number of rotatable bonds is 3. The first-order valence-corrected chi connectivity index (χ1v) is 5.73. The van der Waals surface area contributed by atoms with Crippen LogP contribution < -0.4 is 0 Å². The zero-order chi connectivity index (χ0) is 11.8. The van der Waals surface area contributed by atoms with Gasteiger partial charge >= 0.3 is 0 Å². The van der Waals surface area contributed by atoms with Crippen molar-refractivity contribution in [2.75, 3.05) is 6.61 Å². The Bertz CT molecular complexity index is 668. The number of fused-ring (bicyclic) bond motifs is 3. The Balaban J connectivity index is 2.25. The van der Waals surface area contributed by atoms with Gasteiger partial charge in [-0.25, -0.2) is 9.67 Å². The van der Waals surface area contributed by atoms with Crippen LogP contribution >= 0.6 is 0 Å². The lowest BCUT2D eigenvalue weighted by molar-refractivity contribution is 0.277. The summed E-state index contributed by atoms with van der Waals surface area (Å²) in [6.45, 7) is 2.83. The highest BCUT2D eigenvalue weighted by atomic mass is 16.3. The molecule has 5 nitrogen and oxygen atoms in total. The second kappa shape index (κ2) is 3.85. The van der Waals surface area contributed by atoms with Crippen molar-refractivity contribution in [1.29, 1.82) is 0 Å². The van der Waals surface area contributed by atoms with Gasteiger partial charge in [-0.05, 0) is 25.5 Å². The molecule has 1 aromatic carbocycles. The Morgan fingerprint density at radius 2 is 2.12 bits per heavy atom. The normalized spacial score (nSPS) is 11.6. The molecular weight excluding hydrogens is 216 g/mol. The van der Waals surface area contributed by atoms with E-state index >= 15 is 0 Å². The number of hydrogen-bond donors (Lipinski definition) is 1. The van der Waals surface area contributed by atoms with Crippen LogP contribution in [-0.2, 0) is 6.54 Å². The highest BCUT2D eigenvalue weighted by molar-refractivity contribution is 5.79. The Hall–Kier alpha value is -1.88. The number of hydrogen-bond acceptors (Lipinski definition) is 3. The van der Waals surface area contributed by atoms with E-state index in [2.05, 4.69) is 10.1 Å². The second-order valence-electron chi connectivity index (χ2n) is 4.08. The number of para-hydroxylation sites is 2. The molecule has 0 aliphatic rings. The molecule has 2 heterocycles. The van der Waals surface area contributed by atoms with Gasteiger partial charge in [-0.3, -0.25) is 4.40 Å². The minimum atomic E-state index is 0.172. The van der Waals surface area contributed by atoms with E-state index < -0.39 is 0 Å². The molecule has 0 bridgehead atoms. The molecule has 17 heavy (non-hydrogen) atoms. The molecule has 3 rings (SSSR count). The van der Waals surface area contributed by atoms with E-state index in [-0.39, 0.29) is 6.61 Å². The quantitative estimate of drug-likeness (QED) is 0.739. The van der Waals surface area contributed by atoms with Crippen LogP contribution in [0.3, 0.4) is 0 Å². The number of aliphatic hydroxyl groups excluding tert-OH is 1. The number of aryl methyl sites for hydroxylation is 2. The van der Waals surface area contributed by atoms with Crippen molar-refractivity contribution in [3.8, 4) is 0 Å². The molecule has 5 heteroatoms. The monoisotopic (exact) mass is 230 g/mol. The van der Waals surface area contributed by atoms with E-state index in [0.717, 1.165) is 22.6 Å². The summed E-state index contributed by atoms with van der Waals surface area (Å²) in [5.41, 5.74) is 2.06. The molecular formula is C12H14N4O. The Morgan fingerprint density at radius 3 is 2.94 bits per heavy atom. The van der Waals surface area contributed by atoms with Crippen LogP contribution in [0.15, 0.2) is 24.3 Å². The van der Waals surface area contributed by atoms with Gasteiger partial charge in [-0.2, -0.15) is 5.10 Å². The zero-order valence-corrected chi connectivity index (χ0v) is 9.67. The van der Waals surface area contributed by atoms with Crippen LogP contribution in [0.5, 0.6) is 0 Å². The molecule has 0 fully saturated rings. The molecule has 2 aromatic heterocycles. The van der Waals surface area contributed by atoms with Crippen LogP contribution in [-0.4, -0.2) is 30.9 Å². The maximum atomic E-state index is 8.88. The van der Waals surface area contributed by atoms with Gasteiger partial charge < -0.3 is 5.11 Å². The summed E-state index contributed by atoms with van der Waals surface area (Å²) in [4.78, 5) is 4.57. The van der Waals surface area contributed by atoms with Crippen molar-refractivity contribution >= 4 is 16.8 Å². The van der Waals surface area contributed by atoms with Gasteiger partial charge in [0.25, 0.3) is 0 Å². The third-order valence-corrected chi connectivity index (χ3v) is 2.89. The standard InChI is InChI=1S/C12H14N4O/c1-9-14-15(7-4-8-17)12-13-10-5-2-3-6-11(10)16(9)12/h2-3,5-6,17H,4,7-8H2,1H3. The molecule has 0 saturated carbocycles. The first-order chi connectivity index (χ1) is 8.31. The van der Waals surface area contributed by atoms with Crippen molar-refractivity contribution < 1.29 is 5.11 Å². The van der Waals surface area contributed by atoms with E-state index in [1.165, 1.54) is 0 Å². The van der Waals surface area contributed by atoms with E-state index in [1.807, 2.05) is 40.3 Å². The third kappa shape index (κ3) is 1.51. The Kier molecular flexibility index (Phi) is 2.33. The maximum Gasteiger partial charge on any atom is 0.233 e. The van der Waals surface area contributed by atoms with Crippen molar-refractivity contribution in [2.45, 2.75) is 19.9 Å².